The summed E-state index contributed by atoms with van der Waals surface area (Å²) in [4.78, 5) is 34.2. The molecule has 0 saturated carbocycles. The average Bonchev–Trinajstić information content (AvgIpc) is 2.46. The molecule has 0 bridgehead atoms. The number of anilines is 1. The minimum absolute atomic E-state index is 0.0949. The first-order valence-corrected chi connectivity index (χ1v) is 5.61. The number of aliphatic carboxylic acids is 1. The van der Waals surface area contributed by atoms with Crippen LogP contribution in [-0.2, 0) is 4.79 Å². The van der Waals surface area contributed by atoms with Crippen molar-refractivity contribution in [3.63, 3.8) is 0 Å². The fourth-order valence-electron chi connectivity index (χ4n) is 1.43. The van der Waals surface area contributed by atoms with E-state index < -0.39 is 11.9 Å². The Morgan fingerprint density at radius 3 is 2.50 bits per heavy atom. The number of amides is 1. The van der Waals surface area contributed by atoms with Crippen molar-refractivity contribution in [2.24, 2.45) is 0 Å². The molecule has 1 amide bonds. The fourth-order valence-corrected chi connectivity index (χ4v) is 1.43. The van der Waals surface area contributed by atoms with Gasteiger partial charge in [0.15, 0.2) is 0 Å². The Balaban J connectivity index is 2.24. The lowest BCUT2D eigenvalue weighted by Crippen LogP contribution is -2.16. The Kier molecular flexibility index (Phi) is 4.13. The van der Waals surface area contributed by atoms with Crippen molar-refractivity contribution >= 4 is 23.9 Å². The summed E-state index contributed by atoms with van der Waals surface area (Å²) < 4.78 is 0. The molecular weight excluding hydrogens is 260 g/mol. The molecule has 2 N–H and O–H groups in total. The van der Waals surface area contributed by atoms with Crippen molar-refractivity contribution in [1.82, 2.24) is 15.0 Å². The Hall–Kier alpha value is -3.09. The molecule has 0 aromatic carbocycles. The highest BCUT2D eigenvalue weighted by molar-refractivity contribution is 6.04. The van der Waals surface area contributed by atoms with E-state index >= 15 is 0 Å². The molecule has 0 spiro atoms. The summed E-state index contributed by atoms with van der Waals surface area (Å²) >= 11 is 0. The molecule has 0 saturated heterocycles. The number of hydrogen-bond acceptors (Lipinski definition) is 5. The molecule has 0 aliphatic rings. The zero-order valence-corrected chi connectivity index (χ0v) is 10.2. The van der Waals surface area contributed by atoms with E-state index in [9.17, 15) is 9.59 Å². The number of aromatic nitrogens is 3. The molecule has 0 atom stereocenters. The summed E-state index contributed by atoms with van der Waals surface area (Å²) in [5, 5.41) is 11.1. The maximum absolute atomic E-state index is 12.0. The van der Waals surface area contributed by atoms with Gasteiger partial charge in [0.1, 0.15) is 5.69 Å². The van der Waals surface area contributed by atoms with Crippen LogP contribution >= 0.6 is 0 Å². The van der Waals surface area contributed by atoms with Crippen LogP contribution in [0, 0.1) is 0 Å². The van der Waals surface area contributed by atoms with Crippen molar-refractivity contribution in [3.05, 3.63) is 54.1 Å². The van der Waals surface area contributed by atoms with E-state index in [1.807, 2.05) is 0 Å². The van der Waals surface area contributed by atoms with E-state index in [1.54, 1.807) is 18.2 Å². The number of nitrogens with zero attached hydrogens (tertiary/aromatic N) is 3. The number of hydrogen-bond donors (Lipinski definition) is 2. The van der Waals surface area contributed by atoms with Gasteiger partial charge < -0.3 is 5.11 Å². The standard InChI is InChI=1S/C13H10N4O3/c18-10(19)5-4-9-3-1-6-14-11(9)12(20)17-13-15-7-2-8-16-13/h1-8H,(H,18,19)(H,15,16,17,20)/b5-4+. The van der Waals surface area contributed by atoms with Crippen LogP contribution < -0.4 is 5.32 Å². The highest BCUT2D eigenvalue weighted by Crippen LogP contribution is 2.09. The number of carboxylic acid groups (broad SMARTS) is 1. The van der Waals surface area contributed by atoms with Gasteiger partial charge in [0.05, 0.1) is 0 Å². The van der Waals surface area contributed by atoms with Gasteiger partial charge in [-0.3, -0.25) is 15.1 Å². The molecule has 7 heteroatoms. The molecule has 7 nitrogen and oxygen atoms in total. The van der Waals surface area contributed by atoms with Gasteiger partial charge in [-0.15, -0.1) is 0 Å². The molecule has 100 valence electrons. The van der Waals surface area contributed by atoms with Gasteiger partial charge in [-0.2, -0.15) is 0 Å². The molecule has 2 heterocycles. The monoisotopic (exact) mass is 270 g/mol. The minimum atomic E-state index is -1.10. The normalized spacial score (nSPS) is 10.4. The summed E-state index contributed by atoms with van der Waals surface area (Å²) in [6.07, 6.45) is 6.67. The van der Waals surface area contributed by atoms with Gasteiger partial charge in [-0.1, -0.05) is 6.07 Å². The van der Waals surface area contributed by atoms with Crippen molar-refractivity contribution in [2.75, 3.05) is 5.32 Å². The molecular formula is C13H10N4O3. The van der Waals surface area contributed by atoms with Crippen molar-refractivity contribution in [2.45, 2.75) is 0 Å². The van der Waals surface area contributed by atoms with Crippen LogP contribution in [0.4, 0.5) is 5.95 Å². The second-order valence-corrected chi connectivity index (χ2v) is 3.64. The Morgan fingerprint density at radius 2 is 1.80 bits per heavy atom. The van der Waals surface area contributed by atoms with Crippen LogP contribution in [-0.4, -0.2) is 31.9 Å². The largest absolute Gasteiger partial charge is 0.478 e. The number of carboxylic acids is 1. The molecule has 2 rings (SSSR count). The second-order valence-electron chi connectivity index (χ2n) is 3.64. The van der Waals surface area contributed by atoms with Gasteiger partial charge in [-0.25, -0.2) is 14.8 Å². The maximum Gasteiger partial charge on any atom is 0.328 e. The Bertz CT molecular complexity index is 656. The van der Waals surface area contributed by atoms with Gasteiger partial charge in [0, 0.05) is 30.2 Å². The summed E-state index contributed by atoms with van der Waals surface area (Å²) in [5.41, 5.74) is 0.487. The smallest absolute Gasteiger partial charge is 0.328 e. The molecule has 0 unspecified atom stereocenters. The van der Waals surface area contributed by atoms with E-state index in [4.69, 9.17) is 5.11 Å². The first-order valence-electron chi connectivity index (χ1n) is 5.61. The van der Waals surface area contributed by atoms with Crippen LogP contribution in [0.15, 0.2) is 42.9 Å². The third kappa shape index (κ3) is 3.45. The molecule has 0 aliphatic heterocycles. The summed E-state index contributed by atoms with van der Waals surface area (Å²) in [6.45, 7) is 0. The molecule has 2 aromatic heterocycles. The third-order valence-electron chi connectivity index (χ3n) is 2.25. The van der Waals surface area contributed by atoms with Crippen LogP contribution in [0.25, 0.3) is 6.08 Å². The number of rotatable bonds is 4. The number of carbonyl (C=O) groups is 2. The first kappa shape index (κ1) is 13.3. The van der Waals surface area contributed by atoms with Gasteiger partial charge in [0.25, 0.3) is 5.91 Å². The van der Waals surface area contributed by atoms with Crippen LogP contribution in [0.1, 0.15) is 16.1 Å². The van der Waals surface area contributed by atoms with E-state index in [1.165, 1.54) is 24.7 Å². The zero-order chi connectivity index (χ0) is 14.4. The quantitative estimate of drug-likeness (QED) is 0.809. The number of carbonyl (C=O) groups excluding carboxylic acids is 1. The SMILES string of the molecule is O=C(O)/C=C/c1cccnc1C(=O)Nc1ncccn1. The fraction of sp³-hybridized carbons (Fsp3) is 0. The van der Waals surface area contributed by atoms with Gasteiger partial charge in [-0.05, 0) is 18.2 Å². The summed E-state index contributed by atoms with van der Waals surface area (Å²) in [7, 11) is 0. The number of pyridine rings is 1. The predicted molar refractivity (Wildman–Crippen MR) is 70.9 cm³/mol. The van der Waals surface area contributed by atoms with Gasteiger partial charge in [0.2, 0.25) is 5.95 Å². The van der Waals surface area contributed by atoms with Crippen molar-refractivity contribution in [3.8, 4) is 0 Å². The van der Waals surface area contributed by atoms with Crippen LogP contribution in [0.2, 0.25) is 0 Å². The van der Waals surface area contributed by atoms with E-state index in [2.05, 4.69) is 20.3 Å². The molecule has 20 heavy (non-hydrogen) atoms. The zero-order valence-electron chi connectivity index (χ0n) is 10.2. The Labute approximate surface area is 114 Å². The van der Waals surface area contributed by atoms with Crippen LogP contribution in [0.5, 0.6) is 0 Å². The van der Waals surface area contributed by atoms with Gasteiger partial charge >= 0.3 is 5.97 Å². The Morgan fingerprint density at radius 1 is 1.10 bits per heavy atom. The molecule has 2 aromatic rings. The second kappa shape index (κ2) is 6.19. The lowest BCUT2D eigenvalue weighted by atomic mass is 10.1. The number of nitrogens with one attached hydrogen (secondary N) is 1. The van der Waals surface area contributed by atoms with Crippen molar-refractivity contribution < 1.29 is 14.7 Å². The average molecular weight is 270 g/mol. The molecule has 0 fully saturated rings. The van der Waals surface area contributed by atoms with E-state index in [0.717, 1.165) is 6.08 Å². The van der Waals surface area contributed by atoms with Crippen molar-refractivity contribution in [1.29, 1.82) is 0 Å². The molecule has 0 radical (unpaired) electrons. The van der Waals surface area contributed by atoms with E-state index in [0.29, 0.717) is 5.56 Å². The third-order valence-corrected chi connectivity index (χ3v) is 2.25. The lowest BCUT2D eigenvalue weighted by Gasteiger charge is -2.05. The first-order chi connectivity index (χ1) is 9.66. The molecule has 0 aliphatic carbocycles. The highest BCUT2D eigenvalue weighted by atomic mass is 16.4. The summed E-state index contributed by atoms with van der Waals surface area (Å²) in [5.74, 6) is -1.47. The maximum atomic E-state index is 12.0. The topological polar surface area (TPSA) is 105 Å². The minimum Gasteiger partial charge on any atom is -0.478 e. The predicted octanol–water partition coefficient (Wildman–Crippen LogP) is 1.22. The summed E-state index contributed by atoms with van der Waals surface area (Å²) in [6, 6.07) is 4.82. The lowest BCUT2D eigenvalue weighted by molar-refractivity contribution is -0.131. The highest BCUT2D eigenvalue weighted by Gasteiger charge is 2.12. The van der Waals surface area contributed by atoms with E-state index in [-0.39, 0.29) is 11.6 Å². The van der Waals surface area contributed by atoms with Crippen LogP contribution in [0.3, 0.4) is 0 Å².